The van der Waals surface area contributed by atoms with Crippen LogP contribution in [0.3, 0.4) is 0 Å². The topological polar surface area (TPSA) is 45.4 Å². The highest BCUT2D eigenvalue weighted by molar-refractivity contribution is 7.09. The van der Waals surface area contributed by atoms with E-state index in [0.717, 1.165) is 44.7 Å². The largest absolute Gasteiger partial charge is 0.329 e. The summed E-state index contributed by atoms with van der Waals surface area (Å²) in [4.78, 5) is 10.5. The highest BCUT2D eigenvalue weighted by atomic mass is 32.1. The van der Waals surface area contributed by atoms with Crippen LogP contribution in [0.5, 0.6) is 0 Å². The van der Waals surface area contributed by atoms with E-state index in [4.69, 9.17) is 5.73 Å². The van der Waals surface area contributed by atoms with Crippen LogP contribution in [0.4, 0.5) is 0 Å². The lowest BCUT2D eigenvalue weighted by Crippen LogP contribution is -2.57. The van der Waals surface area contributed by atoms with Gasteiger partial charge in [0, 0.05) is 23.5 Å². The third kappa shape index (κ3) is 2.74. The first kappa shape index (κ1) is 13.9. The maximum absolute atomic E-state index is 6.08. The van der Waals surface area contributed by atoms with Crippen molar-refractivity contribution in [1.82, 2.24) is 14.8 Å². The average molecular weight is 268 g/mol. The van der Waals surface area contributed by atoms with Crippen molar-refractivity contribution >= 4 is 11.3 Å². The molecule has 0 atom stereocenters. The molecule has 1 aromatic heterocycles. The van der Waals surface area contributed by atoms with Gasteiger partial charge in [-0.05, 0) is 47.0 Å². The Bertz CT molecular complexity index is 382. The third-order valence-electron chi connectivity index (χ3n) is 4.33. The van der Waals surface area contributed by atoms with Crippen LogP contribution >= 0.6 is 11.3 Å². The Morgan fingerprint density at radius 2 is 2.17 bits per heavy atom. The highest BCUT2D eigenvalue weighted by Gasteiger charge is 2.36. The molecule has 1 aliphatic heterocycles. The summed E-state index contributed by atoms with van der Waals surface area (Å²) in [5.74, 6) is 0. The quantitative estimate of drug-likeness (QED) is 0.894. The van der Waals surface area contributed by atoms with E-state index in [0.29, 0.717) is 0 Å². The summed E-state index contributed by atoms with van der Waals surface area (Å²) >= 11 is 1.75. The molecule has 2 rings (SSSR count). The molecule has 1 fully saturated rings. The molecule has 1 aromatic rings. The molecule has 18 heavy (non-hydrogen) atoms. The number of likely N-dealkylation sites (N-methyl/N-ethyl adjacent to an activating group) is 1. The Labute approximate surface area is 114 Å². The number of thiazole rings is 1. The first-order chi connectivity index (χ1) is 8.57. The van der Waals surface area contributed by atoms with Gasteiger partial charge in [-0.3, -0.25) is 4.90 Å². The second-order valence-corrected chi connectivity index (χ2v) is 6.39. The van der Waals surface area contributed by atoms with E-state index in [1.165, 1.54) is 4.88 Å². The van der Waals surface area contributed by atoms with Gasteiger partial charge in [0.1, 0.15) is 0 Å². The number of aryl methyl sites for hydroxylation is 1. The summed E-state index contributed by atoms with van der Waals surface area (Å²) in [5, 5.41) is 0. The molecule has 4 nitrogen and oxygen atoms in total. The van der Waals surface area contributed by atoms with E-state index < -0.39 is 0 Å². The molecule has 102 valence electrons. The minimum absolute atomic E-state index is 0.170. The highest BCUT2D eigenvalue weighted by Crippen LogP contribution is 2.29. The zero-order valence-corrected chi connectivity index (χ0v) is 12.5. The summed E-state index contributed by atoms with van der Waals surface area (Å²) in [5.41, 5.74) is 9.34. The van der Waals surface area contributed by atoms with Crippen molar-refractivity contribution in [2.45, 2.75) is 31.8 Å². The van der Waals surface area contributed by atoms with Crippen molar-refractivity contribution in [3.05, 3.63) is 16.1 Å². The van der Waals surface area contributed by atoms with Crippen LogP contribution in [0, 0.1) is 6.92 Å². The van der Waals surface area contributed by atoms with Crippen molar-refractivity contribution in [2.75, 3.05) is 33.7 Å². The molecule has 0 saturated carbocycles. The van der Waals surface area contributed by atoms with E-state index in [2.05, 4.69) is 35.8 Å². The maximum atomic E-state index is 6.08. The standard InChI is InChI=1S/C13H24N4S/c1-11-12(18-10-15-11)8-17(3)13(9-14)4-6-16(2)7-5-13/h10H,4-9,14H2,1-3H3. The first-order valence-electron chi connectivity index (χ1n) is 6.56. The maximum Gasteiger partial charge on any atom is 0.0798 e. The third-order valence-corrected chi connectivity index (χ3v) is 5.25. The number of rotatable bonds is 4. The predicted octanol–water partition coefficient (Wildman–Crippen LogP) is 1.31. The number of hydrogen-bond donors (Lipinski definition) is 1. The Balaban J connectivity index is 2.06. The van der Waals surface area contributed by atoms with Crippen LogP contribution in [0.2, 0.25) is 0 Å². The lowest BCUT2D eigenvalue weighted by molar-refractivity contribution is 0.0490. The summed E-state index contributed by atoms with van der Waals surface area (Å²) < 4.78 is 0. The summed E-state index contributed by atoms with van der Waals surface area (Å²) in [6.07, 6.45) is 2.32. The molecule has 0 amide bonds. The smallest absolute Gasteiger partial charge is 0.0798 e. The van der Waals surface area contributed by atoms with E-state index in [9.17, 15) is 0 Å². The van der Waals surface area contributed by atoms with Crippen LogP contribution in [-0.2, 0) is 6.54 Å². The van der Waals surface area contributed by atoms with Gasteiger partial charge < -0.3 is 10.6 Å². The number of likely N-dealkylation sites (tertiary alicyclic amines) is 1. The Hall–Kier alpha value is -0.490. The number of hydrogen-bond acceptors (Lipinski definition) is 5. The molecule has 0 bridgehead atoms. The van der Waals surface area contributed by atoms with Gasteiger partial charge in [0.2, 0.25) is 0 Å². The minimum atomic E-state index is 0.170. The van der Waals surface area contributed by atoms with Crippen LogP contribution in [0.25, 0.3) is 0 Å². The van der Waals surface area contributed by atoms with Crippen molar-refractivity contribution < 1.29 is 0 Å². The average Bonchev–Trinajstić information content (AvgIpc) is 2.76. The van der Waals surface area contributed by atoms with E-state index in [-0.39, 0.29) is 5.54 Å². The first-order valence-corrected chi connectivity index (χ1v) is 7.44. The fourth-order valence-electron chi connectivity index (χ4n) is 2.64. The zero-order valence-electron chi connectivity index (χ0n) is 11.6. The monoisotopic (exact) mass is 268 g/mol. The number of piperidine rings is 1. The van der Waals surface area contributed by atoms with E-state index >= 15 is 0 Å². The fraction of sp³-hybridized carbons (Fsp3) is 0.769. The van der Waals surface area contributed by atoms with Gasteiger partial charge in [-0.15, -0.1) is 11.3 Å². The Morgan fingerprint density at radius 3 is 2.67 bits per heavy atom. The van der Waals surface area contributed by atoms with Gasteiger partial charge in [0.05, 0.1) is 11.2 Å². The van der Waals surface area contributed by atoms with Gasteiger partial charge in [0.25, 0.3) is 0 Å². The Morgan fingerprint density at radius 1 is 1.50 bits per heavy atom. The van der Waals surface area contributed by atoms with E-state index in [1.54, 1.807) is 11.3 Å². The second-order valence-electron chi connectivity index (χ2n) is 5.45. The van der Waals surface area contributed by atoms with Crippen molar-refractivity contribution in [3.8, 4) is 0 Å². The van der Waals surface area contributed by atoms with Gasteiger partial charge in [0.15, 0.2) is 0 Å². The normalized spacial score (nSPS) is 20.5. The zero-order chi connectivity index (χ0) is 13.2. The molecule has 2 N–H and O–H groups in total. The summed E-state index contributed by atoms with van der Waals surface area (Å²) in [7, 11) is 4.39. The number of nitrogens with zero attached hydrogens (tertiary/aromatic N) is 3. The molecule has 5 heteroatoms. The number of aromatic nitrogens is 1. The van der Waals surface area contributed by atoms with Crippen LogP contribution in [0.15, 0.2) is 5.51 Å². The molecular formula is C13H24N4S. The molecule has 0 aliphatic carbocycles. The fourth-order valence-corrected chi connectivity index (χ4v) is 3.47. The summed E-state index contributed by atoms with van der Waals surface area (Å²) in [6.45, 7) is 6.09. The minimum Gasteiger partial charge on any atom is -0.329 e. The predicted molar refractivity (Wildman–Crippen MR) is 76.8 cm³/mol. The lowest BCUT2D eigenvalue weighted by atomic mass is 9.86. The van der Waals surface area contributed by atoms with Gasteiger partial charge in [-0.25, -0.2) is 4.98 Å². The van der Waals surface area contributed by atoms with Gasteiger partial charge in [-0.2, -0.15) is 0 Å². The van der Waals surface area contributed by atoms with Crippen LogP contribution < -0.4 is 5.73 Å². The van der Waals surface area contributed by atoms with Crippen LogP contribution in [-0.4, -0.2) is 54.1 Å². The lowest BCUT2D eigenvalue weighted by Gasteiger charge is -2.46. The van der Waals surface area contributed by atoms with Crippen molar-refractivity contribution in [3.63, 3.8) is 0 Å². The molecule has 0 spiro atoms. The molecule has 0 radical (unpaired) electrons. The number of nitrogens with two attached hydrogens (primary N) is 1. The van der Waals surface area contributed by atoms with E-state index in [1.807, 2.05) is 5.51 Å². The van der Waals surface area contributed by atoms with Crippen molar-refractivity contribution in [1.29, 1.82) is 0 Å². The SMILES string of the molecule is Cc1ncsc1CN(C)C1(CN)CCN(C)CC1. The molecule has 1 aliphatic rings. The molecular weight excluding hydrogens is 244 g/mol. The van der Waals surface area contributed by atoms with Crippen LogP contribution in [0.1, 0.15) is 23.4 Å². The molecule has 1 saturated heterocycles. The molecule has 0 unspecified atom stereocenters. The van der Waals surface area contributed by atoms with Gasteiger partial charge in [-0.1, -0.05) is 0 Å². The second kappa shape index (κ2) is 5.65. The molecule has 0 aromatic carbocycles. The van der Waals surface area contributed by atoms with Gasteiger partial charge >= 0.3 is 0 Å². The summed E-state index contributed by atoms with van der Waals surface area (Å²) in [6, 6.07) is 0. The van der Waals surface area contributed by atoms with Crippen molar-refractivity contribution in [2.24, 2.45) is 5.73 Å². The molecule has 2 heterocycles. The Kier molecular flexibility index (Phi) is 4.37.